The number of primary amides is 1. The van der Waals surface area contributed by atoms with Crippen LogP contribution in [0.25, 0.3) is 33.3 Å². The number of amides is 1. The first kappa shape index (κ1) is 53.2. The minimum absolute atomic E-state index is 0.178. The highest BCUT2D eigenvalue weighted by atomic mass is 16.5. The lowest BCUT2D eigenvalue weighted by Gasteiger charge is -2.56. The number of carbonyl (C=O) groups excluding carboxylic acids is 2. The van der Waals surface area contributed by atoms with Crippen LogP contribution >= 0.6 is 0 Å². The van der Waals surface area contributed by atoms with Crippen molar-refractivity contribution >= 4 is 28.7 Å². The van der Waals surface area contributed by atoms with Gasteiger partial charge in [-0.25, -0.2) is 0 Å². The Morgan fingerprint density at radius 1 is 0.917 bits per heavy atom. The molecule has 2 N–H and O–H groups in total. The highest BCUT2D eigenvalue weighted by molar-refractivity contribution is 5.97. The lowest BCUT2D eigenvalue weighted by Crippen LogP contribution is -2.58. The molecule has 72 heavy (non-hydrogen) atoms. The first-order valence-corrected chi connectivity index (χ1v) is 25.8. The standard InChI is InChI=1S/C38H45N9O.C16H21NO2.C2H4O.C2H6/c1-43-15-14-36-34(25-43)37(32-5-3-4-28-20-35(40-22-33(28)32)29-21-41-44(2)24-29)42-47(36)31-12-16-45(17-13-31)23-26-10-18-46(19-11-26)30-8-6-27(7-9-30)38(39)48;1-15(2)10-16(3,4)14(15)19-12-7-6-11(9-17)13(8-12)18-5;1-2-3;1-2/h3-9,20-22,24,26,31H,10-19,23,25H2,1-2H3,(H2,39,48);6-8,14H,10H2,1-5H3;2H,1H3;1-2H3. The number of fused-ring (bicyclic) bond motifs is 2. The average Bonchev–Trinajstić information content (AvgIpc) is 3.99. The van der Waals surface area contributed by atoms with Gasteiger partial charge in [0.1, 0.15) is 30.0 Å². The van der Waals surface area contributed by atoms with Gasteiger partial charge in [0.15, 0.2) is 0 Å². The molecule has 1 saturated carbocycles. The van der Waals surface area contributed by atoms with E-state index in [0.717, 1.165) is 105 Å². The van der Waals surface area contributed by atoms with Gasteiger partial charge in [-0.05, 0) is 99.8 Å². The Bertz CT molecular complexity index is 2810. The van der Waals surface area contributed by atoms with E-state index in [0.29, 0.717) is 22.9 Å². The van der Waals surface area contributed by atoms with Gasteiger partial charge in [-0.15, -0.1) is 0 Å². The van der Waals surface area contributed by atoms with E-state index in [1.165, 1.54) is 54.2 Å². The van der Waals surface area contributed by atoms with Crippen molar-refractivity contribution in [3.05, 3.63) is 108 Å². The summed E-state index contributed by atoms with van der Waals surface area (Å²) in [5, 5.41) is 21.1. The number of nitrogens with zero attached hydrogens (tertiary/aromatic N) is 9. The number of ether oxygens (including phenoxy) is 2. The Labute approximate surface area is 427 Å². The van der Waals surface area contributed by atoms with Gasteiger partial charge in [0.05, 0.1) is 36.3 Å². The van der Waals surface area contributed by atoms with Gasteiger partial charge >= 0.3 is 0 Å². The molecule has 6 aromatic rings. The molecule has 1 amide bonds. The second-order valence-corrected chi connectivity index (χ2v) is 20.9. The van der Waals surface area contributed by atoms with E-state index in [1.807, 2.05) is 74.5 Å². The molecule has 382 valence electrons. The van der Waals surface area contributed by atoms with Crippen LogP contribution in [0.15, 0.2) is 85.3 Å². The Balaban J connectivity index is 0.000000264. The summed E-state index contributed by atoms with van der Waals surface area (Å²) in [5.41, 5.74) is 15.1. The van der Waals surface area contributed by atoms with Gasteiger partial charge in [0, 0.05) is 128 Å². The van der Waals surface area contributed by atoms with Gasteiger partial charge in [-0.2, -0.15) is 15.5 Å². The van der Waals surface area contributed by atoms with Crippen molar-refractivity contribution in [2.24, 2.45) is 29.5 Å². The number of nitrogens with two attached hydrogens (primary N) is 1. The van der Waals surface area contributed by atoms with Crippen molar-refractivity contribution in [1.82, 2.24) is 34.3 Å². The number of piperidine rings is 2. The molecule has 3 fully saturated rings. The zero-order valence-electron chi connectivity index (χ0n) is 44.3. The second kappa shape index (κ2) is 23.3. The smallest absolute Gasteiger partial charge is 0.248 e. The number of anilines is 1. The van der Waals surface area contributed by atoms with E-state index >= 15 is 0 Å². The topological polar surface area (TPSA) is 161 Å². The maximum absolute atomic E-state index is 11.4. The van der Waals surface area contributed by atoms with E-state index in [2.05, 4.69) is 89.6 Å². The van der Waals surface area contributed by atoms with Crippen LogP contribution in [0.2, 0.25) is 0 Å². The summed E-state index contributed by atoms with van der Waals surface area (Å²) < 4.78 is 15.6. The number of aryl methyl sites for hydroxylation is 1. The third-order valence-corrected chi connectivity index (χ3v) is 14.7. The number of methoxy groups -OCH3 is 1. The summed E-state index contributed by atoms with van der Waals surface area (Å²) in [6, 6.07) is 24.4. The highest BCUT2D eigenvalue weighted by Gasteiger charge is 2.55. The monoisotopic (exact) mass is 977 g/mol. The van der Waals surface area contributed by atoms with E-state index in [-0.39, 0.29) is 22.8 Å². The summed E-state index contributed by atoms with van der Waals surface area (Å²) in [6.07, 6.45) is 13.7. The first-order valence-electron chi connectivity index (χ1n) is 25.8. The number of hydrogen-bond acceptors (Lipinski definition) is 11. The fraction of sp³-hybridized carbons (Fsp3) is 0.483. The van der Waals surface area contributed by atoms with Crippen molar-refractivity contribution in [3.8, 4) is 40.1 Å². The number of aldehydes is 1. The normalized spacial score (nSPS) is 17.9. The minimum atomic E-state index is -0.372. The molecule has 14 nitrogen and oxygen atoms in total. The van der Waals surface area contributed by atoms with Gasteiger partial charge in [0.25, 0.3) is 0 Å². The Morgan fingerprint density at radius 2 is 1.61 bits per heavy atom. The Hall–Kier alpha value is -6.56. The van der Waals surface area contributed by atoms with Crippen LogP contribution < -0.4 is 20.1 Å². The number of likely N-dealkylation sites (tertiary alicyclic amines) is 1. The quantitative estimate of drug-likeness (QED) is 0.130. The van der Waals surface area contributed by atoms with E-state index in [9.17, 15) is 4.79 Å². The Kier molecular flexibility index (Phi) is 17.3. The molecule has 0 bridgehead atoms. The van der Waals surface area contributed by atoms with Gasteiger partial charge in [-0.3, -0.25) is 19.1 Å². The third-order valence-electron chi connectivity index (χ3n) is 14.7. The zero-order chi connectivity index (χ0) is 51.7. The molecule has 3 aliphatic heterocycles. The minimum Gasteiger partial charge on any atom is -0.495 e. The maximum Gasteiger partial charge on any atom is 0.248 e. The molecule has 0 unspecified atom stereocenters. The number of aromatic nitrogens is 5. The molecule has 1 aliphatic carbocycles. The number of likely N-dealkylation sites (N-methyl/N-ethyl adjacent to an activating group) is 1. The van der Waals surface area contributed by atoms with Crippen LogP contribution in [0.3, 0.4) is 0 Å². The average molecular weight is 977 g/mol. The fourth-order valence-corrected chi connectivity index (χ4v) is 11.7. The molecule has 10 rings (SSSR count). The van der Waals surface area contributed by atoms with Crippen molar-refractivity contribution in [3.63, 3.8) is 0 Å². The Morgan fingerprint density at radius 3 is 2.22 bits per heavy atom. The second-order valence-electron chi connectivity index (χ2n) is 20.9. The van der Waals surface area contributed by atoms with Crippen molar-refractivity contribution in [2.45, 2.75) is 106 Å². The van der Waals surface area contributed by atoms with Gasteiger partial charge in [0.2, 0.25) is 5.91 Å². The molecular formula is C58H76N10O4. The molecule has 3 aromatic heterocycles. The summed E-state index contributed by atoms with van der Waals surface area (Å²) in [5.74, 6) is 1.68. The molecule has 0 atom stereocenters. The van der Waals surface area contributed by atoms with Crippen LogP contribution in [0.4, 0.5) is 5.69 Å². The van der Waals surface area contributed by atoms with Crippen LogP contribution in [-0.2, 0) is 24.8 Å². The summed E-state index contributed by atoms with van der Waals surface area (Å²) in [7, 11) is 5.72. The van der Waals surface area contributed by atoms with E-state index in [1.54, 1.807) is 19.2 Å². The number of hydrogen-bond donors (Lipinski definition) is 1. The highest BCUT2D eigenvalue weighted by Crippen LogP contribution is 2.55. The molecule has 2 saturated heterocycles. The number of pyridine rings is 1. The third kappa shape index (κ3) is 12.0. The van der Waals surface area contributed by atoms with E-state index < -0.39 is 0 Å². The van der Waals surface area contributed by atoms with Crippen LogP contribution in [0.1, 0.15) is 114 Å². The maximum atomic E-state index is 11.4. The number of benzene rings is 3. The van der Waals surface area contributed by atoms with Crippen LogP contribution in [-0.4, -0.2) is 106 Å². The molecule has 3 aromatic carbocycles. The molecule has 0 spiro atoms. The molecule has 14 heteroatoms. The predicted octanol–water partition coefficient (Wildman–Crippen LogP) is 10.1. The molecule has 0 radical (unpaired) electrons. The van der Waals surface area contributed by atoms with Crippen molar-refractivity contribution < 1.29 is 19.1 Å². The van der Waals surface area contributed by atoms with E-state index in [4.69, 9.17) is 35.3 Å². The van der Waals surface area contributed by atoms with Crippen LogP contribution in [0, 0.1) is 28.1 Å². The van der Waals surface area contributed by atoms with Gasteiger partial charge in [-0.1, -0.05) is 59.7 Å². The zero-order valence-corrected chi connectivity index (χ0v) is 44.3. The molecule has 4 aliphatic rings. The van der Waals surface area contributed by atoms with Crippen molar-refractivity contribution in [1.29, 1.82) is 5.26 Å². The fourth-order valence-electron chi connectivity index (χ4n) is 11.7. The number of nitriles is 1. The van der Waals surface area contributed by atoms with Crippen LogP contribution in [0.5, 0.6) is 11.5 Å². The summed E-state index contributed by atoms with van der Waals surface area (Å²) in [6.45, 7) is 21.9. The predicted molar refractivity (Wildman–Crippen MR) is 287 cm³/mol. The van der Waals surface area contributed by atoms with Gasteiger partial charge < -0.3 is 34.7 Å². The largest absolute Gasteiger partial charge is 0.495 e. The first-order chi connectivity index (χ1) is 34.6. The molecular weight excluding hydrogens is 901 g/mol. The summed E-state index contributed by atoms with van der Waals surface area (Å²) in [4.78, 5) is 32.7. The lowest BCUT2D eigenvalue weighted by molar-refractivity contribution is -0.133. The summed E-state index contributed by atoms with van der Waals surface area (Å²) >= 11 is 0. The SMILES string of the molecule is CC.CC=O.CN1CCc2c(c(-c3cccc4cc(-c5cnn(C)c5)ncc34)nn2C2CCN(CC3CCN(c4ccc(C(N)=O)cc4)CC3)CC2)C1.COc1cc(OC2C(C)(C)CC2(C)C)ccc1C#N. The number of carbonyl (C=O) groups is 2. The number of rotatable bonds is 10. The molecule has 6 heterocycles. The van der Waals surface area contributed by atoms with Crippen molar-refractivity contribution in [2.75, 3.05) is 58.3 Å². The lowest BCUT2D eigenvalue weighted by atomic mass is 9.53.